The topological polar surface area (TPSA) is 131 Å². The largest absolute Gasteiger partial charge is 0.444 e. The number of sulfonamides is 1. The molecule has 9 nitrogen and oxygen atoms in total. The van der Waals surface area contributed by atoms with Crippen LogP contribution in [0.5, 0.6) is 0 Å². The van der Waals surface area contributed by atoms with E-state index in [0.29, 0.717) is 44.7 Å². The number of alkyl carbamates (subject to hydrolysis) is 1. The molecule has 0 bridgehead atoms. The van der Waals surface area contributed by atoms with E-state index in [9.17, 15) is 13.2 Å². The van der Waals surface area contributed by atoms with Gasteiger partial charge in [0.25, 0.3) is 0 Å². The Kier molecular flexibility index (Phi) is 12.1. The molecule has 3 rings (SSSR count). The molecule has 0 aliphatic carbocycles. The molecule has 1 saturated heterocycles. The number of hydrogen-bond acceptors (Lipinski definition) is 7. The van der Waals surface area contributed by atoms with Gasteiger partial charge in [0.2, 0.25) is 10.0 Å². The van der Waals surface area contributed by atoms with Crippen molar-refractivity contribution < 1.29 is 27.8 Å². The lowest BCUT2D eigenvalue weighted by atomic mass is 10.0. The molecule has 36 heavy (non-hydrogen) atoms. The standard InChI is InChI=1S/C25H35N3O5S.CH4O/c1-19(2)17-28(34(30,31)24-10-8-21(26)9-11-24)14-12-22(16-20-6-4-3-5-7-20)27-25(29)33-23-13-15-32-18-23;1-2/h3-11,19,22-23H,12-18,26H2,1-2H3,(H,27,29);2H,1H3. The number of benzene rings is 2. The van der Waals surface area contributed by atoms with Gasteiger partial charge in [0, 0.05) is 38.3 Å². The van der Waals surface area contributed by atoms with E-state index in [-0.39, 0.29) is 29.5 Å². The first kappa shape index (κ1) is 29.6. The van der Waals surface area contributed by atoms with E-state index in [1.54, 1.807) is 12.1 Å². The van der Waals surface area contributed by atoms with Gasteiger partial charge in [-0.3, -0.25) is 0 Å². The zero-order valence-electron chi connectivity index (χ0n) is 21.3. The maximum atomic E-state index is 13.4. The minimum atomic E-state index is -3.71. The molecule has 1 fully saturated rings. The van der Waals surface area contributed by atoms with Crippen LogP contribution in [0.3, 0.4) is 0 Å². The monoisotopic (exact) mass is 521 g/mol. The second kappa shape index (κ2) is 14.8. The molecular weight excluding hydrogens is 482 g/mol. The number of hydrogen-bond donors (Lipinski definition) is 3. The highest BCUT2D eigenvalue weighted by Gasteiger charge is 2.27. The molecular formula is C26H39N3O6S. The lowest BCUT2D eigenvalue weighted by Crippen LogP contribution is -2.42. The highest BCUT2D eigenvalue weighted by molar-refractivity contribution is 7.89. The van der Waals surface area contributed by atoms with Crippen LogP contribution in [0, 0.1) is 5.92 Å². The highest BCUT2D eigenvalue weighted by Crippen LogP contribution is 2.20. The van der Waals surface area contributed by atoms with Crippen molar-refractivity contribution in [2.24, 2.45) is 5.92 Å². The van der Waals surface area contributed by atoms with Gasteiger partial charge in [-0.15, -0.1) is 0 Å². The Bertz CT molecular complexity index is 1010. The van der Waals surface area contributed by atoms with Crippen LogP contribution in [0.25, 0.3) is 0 Å². The first-order valence-electron chi connectivity index (χ1n) is 12.1. The second-order valence-electron chi connectivity index (χ2n) is 9.04. The summed E-state index contributed by atoms with van der Waals surface area (Å²) in [7, 11) is -2.71. The van der Waals surface area contributed by atoms with E-state index < -0.39 is 16.1 Å². The first-order valence-corrected chi connectivity index (χ1v) is 13.6. The number of ether oxygens (including phenoxy) is 2. The summed E-state index contributed by atoms with van der Waals surface area (Å²) in [5, 5.41) is 9.95. The molecule has 1 aliphatic heterocycles. The molecule has 0 spiro atoms. The van der Waals surface area contributed by atoms with Crippen LogP contribution in [-0.4, -0.2) is 69.5 Å². The Balaban J connectivity index is 0.00000222. The fourth-order valence-electron chi connectivity index (χ4n) is 3.89. The first-order chi connectivity index (χ1) is 17.2. The average Bonchev–Trinajstić information content (AvgIpc) is 3.36. The van der Waals surface area contributed by atoms with Crippen molar-refractivity contribution in [2.75, 3.05) is 39.1 Å². The van der Waals surface area contributed by atoms with E-state index in [1.165, 1.54) is 16.4 Å². The maximum Gasteiger partial charge on any atom is 0.407 e. The summed E-state index contributed by atoms with van der Waals surface area (Å²) in [6.07, 6.45) is 0.924. The number of aliphatic hydroxyl groups is 1. The smallest absolute Gasteiger partial charge is 0.407 e. The quantitative estimate of drug-likeness (QED) is 0.387. The number of nitrogen functional groups attached to an aromatic ring is 1. The number of carbonyl (C=O) groups is 1. The number of nitrogens with two attached hydrogens (primary N) is 1. The Morgan fingerprint density at radius 3 is 2.42 bits per heavy atom. The Morgan fingerprint density at radius 2 is 1.83 bits per heavy atom. The van der Waals surface area contributed by atoms with Gasteiger partial charge in [-0.25, -0.2) is 13.2 Å². The van der Waals surface area contributed by atoms with Crippen molar-refractivity contribution in [1.29, 1.82) is 0 Å². The van der Waals surface area contributed by atoms with Crippen LogP contribution >= 0.6 is 0 Å². The van der Waals surface area contributed by atoms with Gasteiger partial charge in [-0.1, -0.05) is 44.2 Å². The molecule has 4 N–H and O–H groups in total. The molecule has 0 saturated carbocycles. The van der Waals surface area contributed by atoms with E-state index in [0.717, 1.165) is 12.7 Å². The zero-order chi connectivity index (χ0) is 26.6. The van der Waals surface area contributed by atoms with Crippen LogP contribution in [0.2, 0.25) is 0 Å². The Hall–Kier alpha value is -2.66. The van der Waals surface area contributed by atoms with Crippen molar-refractivity contribution >= 4 is 21.8 Å². The predicted molar refractivity (Wildman–Crippen MR) is 140 cm³/mol. The molecule has 2 aromatic rings. The average molecular weight is 522 g/mol. The molecule has 1 heterocycles. The summed E-state index contributed by atoms with van der Waals surface area (Å²) < 4.78 is 39.0. The summed E-state index contributed by atoms with van der Waals surface area (Å²) in [5.74, 6) is 0.136. The number of nitrogens with zero attached hydrogens (tertiary/aromatic N) is 1. The van der Waals surface area contributed by atoms with E-state index >= 15 is 0 Å². The van der Waals surface area contributed by atoms with Crippen molar-refractivity contribution in [3.63, 3.8) is 0 Å². The molecule has 2 aromatic carbocycles. The number of amides is 1. The summed E-state index contributed by atoms with van der Waals surface area (Å²) in [6.45, 7) is 5.57. The summed E-state index contributed by atoms with van der Waals surface area (Å²) in [5.41, 5.74) is 7.29. The lowest BCUT2D eigenvalue weighted by molar-refractivity contribution is 0.0803. The van der Waals surface area contributed by atoms with Crippen LogP contribution in [0.4, 0.5) is 10.5 Å². The highest BCUT2D eigenvalue weighted by atomic mass is 32.2. The van der Waals surface area contributed by atoms with Gasteiger partial charge in [0.1, 0.15) is 6.10 Å². The van der Waals surface area contributed by atoms with Gasteiger partial charge in [-0.05, 0) is 48.6 Å². The third-order valence-electron chi connectivity index (χ3n) is 5.62. The van der Waals surface area contributed by atoms with Gasteiger partial charge in [-0.2, -0.15) is 4.31 Å². The van der Waals surface area contributed by atoms with Gasteiger partial charge in [0.15, 0.2) is 0 Å². The van der Waals surface area contributed by atoms with E-state index in [2.05, 4.69) is 5.32 Å². The predicted octanol–water partition coefficient (Wildman–Crippen LogP) is 3.04. The molecule has 2 unspecified atom stereocenters. The lowest BCUT2D eigenvalue weighted by Gasteiger charge is -2.27. The summed E-state index contributed by atoms with van der Waals surface area (Å²) in [4.78, 5) is 12.7. The van der Waals surface area contributed by atoms with Crippen molar-refractivity contribution in [3.8, 4) is 0 Å². The SMILES string of the molecule is CC(C)CN(CCC(Cc1ccccc1)NC(=O)OC1CCOC1)S(=O)(=O)c1ccc(N)cc1.CO. The number of nitrogens with one attached hydrogen (secondary N) is 1. The minimum Gasteiger partial charge on any atom is -0.444 e. The van der Waals surface area contributed by atoms with Crippen LogP contribution in [-0.2, 0) is 25.9 Å². The van der Waals surface area contributed by atoms with E-state index in [1.807, 2.05) is 44.2 Å². The van der Waals surface area contributed by atoms with Crippen LogP contribution in [0.15, 0.2) is 59.5 Å². The normalized spacial score (nSPS) is 16.3. The Morgan fingerprint density at radius 1 is 1.17 bits per heavy atom. The molecule has 1 amide bonds. The molecule has 10 heteroatoms. The summed E-state index contributed by atoms with van der Waals surface area (Å²) in [6, 6.07) is 15.7. The van der Waals surface area contributed by atoms with Crippen molar-refractivity contribution in [1.82, 2.24) is 9.62 Å². The molecule has 0 aromatic heterocycles. The fourth-order valence-corrected chi connectivity index (χ4v) is 5.51. The van der Waals surface area contributed by atoms with Gasteiger partial charge in [0.05, 0.1) is 18.1 Å². The zero-order valence-corrected chi connectivity index (χ0v) is 22.1. The van der Waals surface area contributed by atoms with E-state index in [4.69, 9.17) is 20.3 Å². The second-order valence-corrected chi connectivity index (χ2v) is 11.0. The molecule has 0 radical (unpaired) electrons. The number of carbonyl (C=O) groups excluding carboxylic acids is 1. The Labute approximate surface area is 214 Å². The fraction of sp³-hybridized carbons (Fsp3) is 0.500. The minimum absolute atomic E-state index is 0.136. The summed E-state index contributed by atoms with van der Waals surface area (Å²) >= 11 is 0. The molecule has 200 valence electrons. The van der Waals surface area contributed by atoms with Gasteiger partial charge < -0.3 is 25.6 Å². The van der Waals surface area contributed by atoms with Crippen LogP contribution < -0.4 is 11.1 Å². The number of rotatable bonds is 11. The van der Waals surface area contributed by atoms with Crippen molar-refractivity contribution in [3.05, 3.63) is 60.2 Å². The number of anilines is 1. The molecule has 2 atom stereocenters. The third kappa shape index (κ3) is 9.42. The van der Waals surface area contributed by atoms with Gasteiger partial charge >= 0.3 is 6.09 Å². The van der Waals surface area contributed by atoms with Crippen LogP contribution in [0.1, 0.15) is 32.3 Å². The number of aliphatic hydroxyl groups excluding tert-OH is 1. The molecule has 1 aliphatic rings. The maximum absolute atomic E-state index is 13.4. The van der Waals surface area contributed by atoms with Crippen molar-refractivity contribution in [2.45, 2.75) is 50.2 Å². The third-order valence-corrected chi connectivity index (χ3v) is 7.50.